The monoisotopic (exact) mass is 604 g/mol. The third kappa shape index (κ3) is 13.9. The van der Waals surface area contributed by atoms with E-state index in [4.69, 9.17) is 0 Å². The van der Waals surface area contributed by atoms with Crippen molar-refractivity contribution in [2.45, 2.75) is 88.2 Å². The molecule has 0 aliphatic heterocycles. The first kappa shape index (κ1) is 38.6. The predicted molar refractivity (Wildman–Crippen MR) is 181 cm³/mol. The number of rotatable bonds is 8. The Morgan fingerprint density at radius 1 is 0.545 bits per heavy atom. The van der Waals surface area contributed by atoms with Gasteiger partial charge in [-0.05, 0) is 51.7 Å². The fourth-order valence-electron chi connectivity index (χ4n) is 4.64. The van der Waals surface area contributed by atoms with Gasteiger partial charge in [-0.3, -0.25) is 9.59 Å². The average molecular weight is 605 g/mol. The van der Waals surface area contributed by atoms with E-state index in [1.54, 1.807) is 0 Å². The summed E-state index contributed by atoms with van der Waals surface area (Å²) in [5.41, 5.74) is 2.90. The molecule has 4 atom stereocenters. The minimum Gasteiger partial charge on any atom is -0.481 e. The molecule has 0 bridgehead atoms. The highest BCUT2D eigenvalue weighted by Gasteiger charge is 2.32. The van der Waals surface area contributed by atoms with Gasteiger partial charge in [0.05, 0.1) is 17.9 Å². The molecule has 0 aromatic heterocycles. The summed E-state index contributed by atoms with van der Waals surface area (Å²) in [6.45, 7) is 20.4. The number of benzene rings is 3. The standard InChI is InChI=1S/2C13H18O2.C13H20O/c2*1-13(2,3)11(12(14)15)9-10-7-5-4-6-8-10;1-10(13(2,3)4)12(14)11-8-6-5-7-9-11/h2*4-8,11H,9H2,1-3H3,(H,14,15);5-10,12,14H,1-4H3/t2*11-;10-,12?/m001/s1. The number of aliphatic hydroxyl groups is 1. The van der Waals surface area contributed by atoms with E-state index in [0.29, 0.717) is 12.8 Å². The zero-order valence-electron chi connectivity index (χ0n) is 28.5. The topological polar surface area (TPSA) is 94.8 Å². The summed E-state index contributed by atoms with van der Waals surface area (Å²) in [7, 11) is 0. The third-order valence-electron chi connectivity index (χ3n) is 8.23. The largest absolute Gasteiger partial charge is 0.481 e. The van der Waals surface area contributed by atoms with Crippen molar-refractivity contribution in [2.75, 3.05) is 0 Å². The van der Waals surface area contributed by atoms with Gasteiger partial charge in [-0.2, -0.15) is 0 Å². The van der Waals surface area contributed by atoms with Crippen molar-refractivity contribution in [1.29, 1.82) is 0 Å². The van der Waals surface area contributed by atoms with Gasteiger partial charge >= 0.3 is 11.9 Å². The maximum atomic E-state index is 11.2. The maximum absolute atomic E-state index is 11.2. The van der Waals surface area contributed by atoms with Gasteiger partial charge in [-0.25, -0.2) is 0 Å². The highest BCUT2D eigenvalue weighted by molar-refractivity contribution is 5.71. The molecular weight excluding hydrogens is 548 g/mol. The fraction of sp³-hybridized carbons (Fsp3) is 0.487. The van der Waals surface area contributed by atoms with Crippen molar-refractivity contribution in [3.8, 4) is 0 Å². The lowest BCUT2D eigenvalue weighted by atomic mass is 9.77. The minimum absolute atomic E-state index is 0.134. The van der Waals surface area contributed by atoms with Crippen LogP contribution in [0.2, 0.25) is 0 Å². The van der Waals surface area contributed by atoms with Crippen molar-refractivity contribution in [3.63, 3.8) is 0 Å². The lowest BCUT2D eigenvalue weighted by Crippen LogP contribution is -2.30. The van der Waals surface area contributed by atoms with E-state index in [2.05, 4.69) is 27.7 Å². The number of hydrogen-bond donors (Lipinski definition) is 3. The van der Waals surface area contributed by atoms with Gasteiger partial charge in [0.2, 0.25) is 0 Å². The van der Waals surface area contributed by atoms with Crippen LogP contribution in [0.25, 0.3) is 0 Å². The lowest BCUT2D eigenvalue weighted by Gasteiger charge is -2.31. The Balaban J connectivity index is 0.000000330. The Labute approximate surface area is 266 Å². The van der Waals surface area contributed by atoms with Crippen LogP contribution in [0.1, 0.15) is 92.0 Å². The van der Waals surface area contributed by atoms with E-state index < -0.39 is 11.9 Å². The van der Waals surface area contributed by atoms with Gasteiger partial charge in [0.15, 0.2) is 0 Å². The van der Waals surface area contributed by atoms with Crippen LogP contribution < -0.4 is 0 Å². The van der Waals surface area contributed by atoms with Crippen LogP contribution in [0.5, 0.6) is 0 Å². The van der Waals surface area contributed by atoms with Gasteiger partial charge in [-0.15, -0.1) is 0 Å². The van der Waals surface area contributed by atoms with Crippen LogP contribution in [-0.4, -0.2) is 27.3 Å². The fourth-order valence-corrected chi connectivity index (χ4v) is 4.64. The summed E-state index contributed by atoms with van der Waals surface area (Å²) >= 11 is 0. The van der Waals surface area contributed by atoms with Gasteiger partial charge in [-0.1, -0.05) is 160 Å². The Bertz CT molecular complexity index is 1160. The van der Waals surface area contributed by atoms with Crippen LogP contribution in [0.15, 0.2) is 91.0 Å². The van der Waals surface area contributed by atoms with Crippen LogP contribution >= 0.6 is 0 Å². The number of aliphatic carboxylic acids is 2. The zero-order valence-corrected chi connectivity index (χ0v) is 28.5. The molecule has 3 aromatic rings. The Kier molecular flexibility index (Phi) is 15.0. The van der Waals surface area contributed by atoms with Crippen molar-refractivity contribution in [1.82, 2.24) is 0 Å². The molecule has 44 heavy (non-hydrogen) atoms. The number of carboxylic acid groups (broad SMARTS) is 2. The number of carbonyl (C=O) groups is 2. The molecule has 3 rings (SSSR count). The molecule has 0 radical (unpaired) electrons. The summed E-state index contributed by atoms with van der Waals surface area (Å²) in [4.78, 5) is 22.3. The summed E-state index contributed by atoms with van der Waals surface area (Å²) in [6, 6.07) is 29.4. The summed E-state index contributed by atoms with van der Waals surface area (Å²) < 4.78 is 0. The van der Waals surface area contributed by atoms with Gasteiger partial charge in [0.1, 0.15) is 0 Å². The molecule has 3 N–H and O–H groups in total. The predicted octanol–water partition coefficient (Wildman–Crippen LogP) is 9.35. The van der Waals surface area contributed by atoms with Gasteiger partial charge < -0.3 is 15.3 Å². The second-order valence-corrected chi connectivity index (χ2v) is 14.9. The molecule has 1 unspecified atom stereocenters. The van der Waals surface area contributed by atoms with Crippen LogP contribution in [0, 0.1) is 34.0 Å². The first-order valence-electron chi connectivity index (χ1n) is 15.5. The quantitative estimate of drug-likeness (QED) is 0.238. The molecule has 5 nitrogen and oxygen atoms in total. The average Bonchev–Trinajstić information content (AvgIpc) is 2.94. The van der Waals surface area contributed by atoms with E-state index in [0.717, 1.165) is 16.7 Å². The van der Waals surface area contributed by atoms with Crippen molar-refractivity contribution in [2.24, 2.45) is 34.0 Å². The molecule has 0 saturated heterocycles. The Hall–Kier alpha value is -3.44. The summed E-state index contributed by atoms with van der Waals surface area (Å²) in [5.74, 6) is -1.84. The SMILES string of the molecule is CC(C)(C)[C@@H](Cc1ccccc1)C(=O)O.CC(C)(C)[C@@H](Cc1ccccc1)C(=O)O.C[C@H](C(O)c1ccccc1)C(C)(C)C. The maximum Gasteiger partial charge on any atom is 0.307 e. The minimum atomic E-state index is -0.716. The molecule has 0 heterocycles. The zero-order chi connectivity index (χ0) is 33.7. The highest BCUT2D eigenvalue weighted by Crippen LogP contribution is 2.35. The molecule has 242 valence electrons. The van der Waals surface area contributed by atoms with Crippen LogP contribution in [0.3, 0.4) is 0 Å². The van der Waals surface area contributed by atoms with Crippen molar-refractivity contribution in [3.05, 3.63) is 108 Å². The van der Waals surface area contributed by atoms with Gasteiger partial charge in [0, 0.05) is 0 Å². The molecular formula is C39H56O5. The van der Waals surface area contributed by atoms with E-state index in [-0.39, 0.29) is 40.1 Å². The molecule has 0 aliphatic carbocycles. The molecule has 0 amide bonds. The Morgan fingerprint density at radius 3 is 1.09 bits per heavy atom. The van der Waals surface area contributed by atoms with E-state index in [1.807, 2.05) is 133 Å². The van der Waals surface area contributed by atoms with Crippen molar-refractivity contribution >= 4 is 11.9 Å². The number of hydrogen-bond acceptors (Lipinski definition) is 3. The molecule has 0 aliphatic rings. The first-order valence-corrected chi connectivity index (χ1v) is 15.5. The molecule has 0 saturated carbocycles. The molecule has 0 fully saturated rings. The van der Waals surface area contributed by atoms with Crippen LogP contribution in [0.4, 0.5) is 0 Å². The van der Waals surface area contributed by atoms with E-state index >= 15 is 0 Å². The summed E-state index contributed by atoms with van der Waals surface area (Å²) in [6.07, 6.45) is 0.829. The van der Waals surface area contributed by atoms with Crippen molar-refractivity contribution < 1.29 is 24.9 Å². The Morgan fingerprint density at radius 2 is 0.841 bits per heavy atom. The van der Waals surface area contributed by atoms with E-state index in [9.17, 15) is 24.9 Å². The summed E-state index contributed by atoms with van der Waals surface area (Å²) in [5, 5.41) is 28.5. The second kappa shape index (κ2) is 17.2. The first-order chi connectivity index (χ1) is 20.2. The van der Waals surface area contributed by atoms with Crippen LogP contribution in [-0.2, 0) is 22.4 Å². The number of aliphatic hydroxyl groups excluding tert-OH is 1. The second-order valence-electron chi connectivity index (χ2n) is 14.9. The molecule has 3 aromatic carbocycles. The number of carboxylic acids is 2. The van der Waals surface area contributed by atoms with E-state index in [1.165, 1.54) is 0 Å². The smallest absolute Gasteiger partial charge is 0.307 e. The molecule has 5 heteroatoms. The molecule has 0 spiro atoms. The lowest BCUT2D eigenvalue weighted by molar-refractivity contribution is -0.146. The highest BCUT2D eigenvalue weighted by atomic mass is 16.4. The van der Waals surface area contributed by atoms with Gasteiger partial charge in [0.25, 0.3) is 0 Å². The third-order valence-corrected chi connectivity index (χ3v) is 8.23. The normalized spacial score (nSPS) is 14.4.